The molecule has 1 N–H and O–H groups in total. The molecule has 2 aromatic heterocycles. The van der Waals surface area contributed by atoms with Crippen molar-refractivity contribution in [3.63, 3.8) is 0 Å². The molecule has 3 aromatic rings. The molecule has 0 aliphatic heterocycles. The third kappa shape index (κ3) is 3.01. The minimum Gasteiger partial charge on any atom is -0.454 e. The van der Waals surface area contributed by atoms with Crippen molar-refractivity contribution in [2.24, 2.45) is 5.92 Å². The Morgan fingerprint density at radius 1 is 1.23 bits per heavy atom. The van der Waals surface area contributed by atoms with Gasteiger partial charge in [-0.2, -0.15) is 0 Å². The Bertz CT molecular complexity index is 976. The smallest absolute Gasteiger partial charge is 0.339 e. The van der Waals surface area contributed by atoms with Gasteiger partial charge in [0, 0.05) is 17.3 Å². The number of Topliss-reactive ketones (excluding diaryl/α,β-unsaturated/α-hetero) is 1. The number of aromatic amines is 1. The number of aromatic nitrogens is 2. The molecule has 0 saturated heterocycles. The van der Waals surface area contributed by atoms with Gasteiger partial charge in [-0.25, -0.2) is 4.79 Å². The number of carbonyl (C=O) groups is 2. The van der Waals surface area contributed by atoms with Crippen LogP contribution in [0, 0.1) is 5.92 Å². The predicted molar refractivity (Wildman–Crippen MR) is 98.3 cm³/mol. The summed E-state index contributed by atoms with van der Waals surface area (Å²) >= 11 is 0. The Labute approximate surface area is 151 Å². The number of ketones is 1. The first-order valence-corrected chi connectivity index (χ1v) is 8.87. The van der Waals surface area contributed by atoms with Gasteiger partial charge < -0.3 is 9.72 Å². The number of para-hydroxylation sites is 1. The summed E-state index contributed by atoms with van der Waals surface area (Å²) in [5, 5.41) is 0.790. The molecular weight excluding hydrogens is 328 g/mol. The van der Waals surface area contributed by atoms with Crippen molar-refractivity contribution >= 4 is 22.7 Å². The van der Waals surface area contributed by atoms with Crippen LogP contribution in [0.2, 0.25) is 0 Å². The summed E-state index contributed by atoms with van der Waals surface area (Å²) < 4.78 is 5.39. The van der Waals surface area contributed by atoms with Gasteiger partial charge in [-0.3, -0.25) is 9.78 Å². The Hall–Kier alpha value is -2.95. The highest BCUT2D eigenvalue weighted by molar-refractivity contribution is 6.06. The van der Waals surface area contributed by atoms with Crippen molar-refractivity contribution in [2.75, 3.05) is 6.61 Å². The van der Waals surface area contributed by atoms with Crippen molar-refractivity contribution in [2.45, 2.75) is 26.2 Å². The minimum atomic E-state index is -0.450. The minimum absolute atomic E-state index is 0.246. The molecule has 1 atom stereocenters. The molecule has 0 amide bonds. The highest BCUT2D eigenvalue weighted by Gasteiger charge is 2.26. The van der Waals surface area contributed by atoms with Crippen LogP contribution in [0.4, 0.5) is 0 Å². The topological polar surface area (TPSA) is 72.0 Å². The zero-order valence-electron chi connectivity index (χ0n) is 14.6. The third-order valence-corrected chi connectivity index (χ3v) is 4.94. The van der Waals surface area contributed by atoms with E-state index in [9.17, 15) is 9.59 Å². The van der Waals surface area contributed by atoms with E-state index in [-0.39, 0.29) is 12.4 Å². The van der Waals surface area contributed by atoms with Crippen LogP contribution in [0.3, 0.4) is 0 Å². The van der Waals surface area contributed by atoms with Crippen LogP contribution in [0.15, 0.2) is 42.6 Å². The first-order chi connectivity index (χ1) is 12.6. The van der Waals surface area contributed by atoms with Crippen molar-refractivity contribution in [1.29, 1.82) is 0 Å². The lowest BCUT2D eigenvalue weighted by molar-refractivity contribution is 0.0474. The molecule has 5 heteroatoms. The first-order valence-electron chi connectivity index (χ1n) is 8.87. The maximum Gasteiger partial charge on any atom is 0.339 e. The fourth-order valence-electron chi connectivity index (χ4n) is 3.58. The van der Waals surface area contributed by atoms with E-state index < -0.39 is 5.97 Å². The Balaban J connectivity index is 1.69. The molecule has 1 aliphatic rings. The maximum atomic E-state index is 12.9. The fourth-order valence-corrected chi connectivity index (χ4v) is 3.58. The van der Waals surface area contributed by atoms with Crippen LogP contribution < -0.4 is 0 Å². The van der Waals surface area contributed by atoms with E-state index in [1.807, 2.05) is 24.3 Å². The lowest BCUT2D eigenvalue weighted by Crippen LogP contribution is -2.21. The number of nitrogens with zero attached hydrogens (tertiary/aromatic N) is 1. The molecule has 2 heterocycles. The third-order valence-electron chi connectivity index (χ3n) is 4.94. The molecule has 132 valence electrons. The largest absolute Gasteiger partial charge is 0.454 e. The number of fused-ring (bicyclic) bond motifs is 2. The highest BCUT2D eigenvalue weighted by atomic mass is 16.5. The fraction of sp³-hybridized carbons (Fsp3) is 0.286. The summed E-state index contributed by atoms with van der Waals surface area (Å²) in [6, 6.07) is 11.0. The van der Waals surface area contributed by atoms with E-state index in [2.05, 4.69) is 11.9 Å². The number of H-pyrrole nitrogens is 1. The summed E-state index contributed by atoms with van der Waals surface area (Å²) in [4.78, 5) is 32.6. The summed E-state index contributed by atoms with van der Waals surface area (Å²) in [7, 11) is 0. The van der Waals surface area contributed by atoms with Crippen LogP contribution >= 0.6 is 0 Å². The standard InChI is InChI=1S/C21H20N2O3/c1-13-8-9-17-15(11-13)20(14-5-2-3-6-16(14)23-17)21(25)26-12-19(24)18-7-4-10-22-18/h2-7,10,13,22H,8-9,11-12H2,1H3. The molecule has 26 heavy (non-hydrogen) atoms. The zero-order valence-corrected chi connectivity index (χ0v) is 14.6. The Kier molecular flexibility index (Phi) is 4.29. The molecule has 5 nitrogen and oxygen atoms in total. The number of hydrogen-bond acceptors (Lipinski definition) is 4. The number of ether oxygens (including phenoxy) is 1. The summed E-state index contributed by atoms with van der Waals surface area (Å²) in [6.07, 6.45) is 4.41. The van der Waals surface area contributed by atoms with Crippen LogP contribution in [0.1, 0.15) is 45.4 Å². The number of pyridine rings is 1. The summed E-state index contributed by atoms with van der Waals surface area (Å²) in [5.74, 6) is -0.199. The van der Waals surface area contributed by atoms with Crippen LogP contribution in [0.25, 0.3) is 10.9 Å². The second-order valence-electron chi connectivity index (χ2n) is 6.86. The van der Waals surface area contributed by atoms with Crippen molar-refractivity contribution in [3.05, 3.63) is 65.1 Å². The van der Waals surface area contributed by atoms with E-state index in [0.717, 1.165) is 41.4 Å². The van der Waals surface area contributed by atoms with Crippen LogP contribution in [0.5, 0.6) is 0 Å². The number of carbonyl (C=O) groups excluding carboxylic acids is 2. The molecule has 1 aliphatic carbocycles. The van der Waals surface area contributed by atoms with Gasteiger partial charge >= 0.3 is 5.97 Å². The zero-order chi connectivity index (χ0) is 18.1. The van der Waals surface area contributed by atoms with Crippen molar-refractivity contribution < 1.29 is 14.3 Å². The molecule has 0 spiro atoms. The van der Waals surface area contributed by atoms with Gasteiger partial charge in [0.25, 0.3) is 0 Å². The number of hydrogen-bond donors (Lipinski definition) is 1. The molecule has 0 saturated carbocycles. The molecule has 0 fully saturated rings. The Morgan fingerprint density at radius 3 is 2.88 bits per heavy atom. The monoisotopic (exact) mass is 348 g/mol. The van der Waals surface area contributed by atoms with Crippen molar-refractivity contribution in [3.8, 4) is 0 Å². The predicted octanol–water partition coefficient (Wildman–Crippen LogP) is 3.73. The van der Waals surface area contributed by atoms with Crippen LogP contribution in [-0.2, 0) is 17.6 Å². The number of benzene rings is 1. The van der Waals surface area contributed by atoms with E-state index in [4.69, 9.17) is 9.72 Å². The average molecular weight is 348 g/mol. The average Bonchev–Trinajstić information content (AvgIpc) is 3.19. The van der Waals surface area contributed by atoms with E-state index >= 15 is 0 Å². The summed E-state index contributed by atoms with van der Waals surface area (Å²) in [5.41, 5.74) is 3.75. The normalized spacial score (nSPS) is 16.3. The molecule has 1 unspecified atom stereocenters. The number of rotatable bonds is 4. The van der Waals surface area contributed by atoms with E-state index in [0.29, 0.717) is 17.2 Å². The second kappa shape index (κ2) is 6.75. The maximum absolute atomic E-state index is 12.9. The van der Waals surface area contributed by atoms with Crippen molar-refractivity contribution in [1.82, 2.24) is 9.97 Å². The molecule has 0 radical (unpaired) electrons. The first kappa shape index (κ1) is 16.5. The molecule has 1 aromatic carbocycles. The lowest BCUT2D eigenvalue weighted by Gasteiger charge is -2.24. The quantitative estimate of drug-likeness (QED) is 0.576. The van der Waals surface area contributed by atoms with Gasteiger partial charge in [0.05, 0.1) is 16.8 Å². The van der Waals surface area contributed by atoms with Gasteiger partial charge in [-0.15, -0.1) is 0 Å². The number of esters is 1. The Morgan fingerprint density at radius 2 is 2.08 bits per heavy atom. The number of nitrogens with one attached hydrogen (secondary N) is 1. The molecule has 4 rings (SSSR count). The SMILES string of the molecule is CC1CCc2nc3ccccc3c(C(=O)OCC(=O)c3ccc[nH]3)c2C1. The summed E-state index contributed by atoms with van der Waals surface area (Å²) in [6.45, 7) is 1.91. The molecule has 0 bridgehead atoms. The van der Waals surface area contributed by atoms with Gasteiger partial charge in [-0.05, 0) is 48.9 Å². The van der Waals surface area contributed by atoms with Gasteiger partial charge in [-0.1, -0.05) is 25.1 Å². The highest BCUT2D eigenvalue weighted by Crippen LogP contribution is 2.32. The van der Waals surface area contributed by atoms with Gasteiger partial charge in [0.2, 0.25) is 5.78 Å². The van der Waals surface area contributed by atoms with Gasteiger partial charge in [0.1, 0.15) is 0 Å². The lowest BCUT2D eigenvalue weighted by atomic mass is 9.84. The van der Waals surface area contributed by atoms with Crippen LogP contribution in [-0.4, -0.2) is 28.3 Å². The van der Waals surface area contributed by atoms with E-state index in [1.165, 1.54) is 0 Å². The van der Waals surface area contributed by atoms with E-state index in [1.54, 1.807) is 18.3 Å². The molecular formula is C21H20N2O3. The second-order valence-corrected chi connectivity index (χ2v) is 6.86. The number of aryl methyl sites for hydroxylation is 1. The van der Waals surface area contributed by atoms with Gasteiger partial charge in [0.15, 0.2) is 6.61 Å².